The Bertz CT molecular complexity index is 1240. The first-order valence-corrected chi connectivity index (χ1v) is 9.76. The van der Waals surface area contributed by atoms with Gasteiger partial charge in [-0.25, -0.2) is 14.0 Å². The second-order valence-corrected chi connectivity index (χ2v) is 7.44. The van der Waals surface area contributed by atoms with Crippen LogP contribution in [0.2, 0.25) is 5.02 Å². The van der Waals surface area contributed by atoms with Crippen molar-refractivity contribution in [1.82, 2.24) is 14.1 Å². The van der Waals surface area contributed by atoms with Crippen molar-refractivity contribution in [3.05, 3.63) is 79.8 Å². The average molecular weight is 447 g/mol. The van der Waals surface area contributed by atoms with Crippen LogP contribution in [0, 0.1) is 5.82 Å². The van der Waals surface area contributed by atoms with Gasteiger partial charge in [0.15, 0.2) is 11.6 Å². The molecule has 0 aliphatic heterocycles. The van der Waals surface area contributed by atoms with E-state index in [4.69, 9.17) is 16.3 Å². The lowest BCUT2D eigenvalue weighted by Gasteiger charge is -2.16. The number of hydrogen-bond acceptors (Lipinski definition) is 6. The van der Waals surface area contributed by atoms with E-state index < -0.39 is 23.1 Å². The van der Waals surface area contributed by atoms with Gasteiger partial charge in [0.2, 0.25) is 11.9 Å². The highest BCUT2D eigenvalue weighted by Gasteiger charge is 2.17. The summed E-state index contributed by atoms with van der Waals surface area (Å²) in [7, 11) is 0. The lowest BCUT2D eigenvalue weighted by atomic mass is 10.2. The van der Waals surface area contributed by atoms with Gasteiger partial charge in [0.25, 0.3) is 0 Å². The summed E-state index contributed by atoms with van der Waals surface area (Å²) in [5, 5.41) is 3.29. The fraction of sp³-hybridized carbons (Fsp3) is 0.238. The van der Waals surface area contributed by atoms with Crippen molar-refractivity contribution in [1.29, 1.82) is 0 Å². The molecule has 10 heteroatoms. The summed E-state index contributed by atoms with van der Waals surface area (Å²) in [6, 6.07) is 10.8. The Labute approximate surface area is 181 Å². The van der Waals surface area contributed by atoms with Crippen molar-refractivity contribution in [3.8, 4) is 5.75 Å². The summed E-state index contributed by atoms with van der Waals surface area (Å²) in [5.74, 6) is -1.46. The second-order valence-electron chi connectivity index (χ2n) is 7.00. The van der Waals surface area contributed by atoms with Crippen LogP contribution in [0.1, 0.15) is 31.1 Å². The molecule has 1 aromatic heterocycles. The summed E-state index contributed by atoms with van der Waals surface area (Å²) in [6.45, 7) is 4.63. The van der Waals surface area contributed by atoms with Crippen molar-refractivity contribution in [2.75, 3.05) is 5.32 Å². The van der Waals surface area contributed by atoms with Crippen molar-refractivity contribution in [2.45, 2.75) is 33.4 Å². The molecule has 2 aromatic carbocycles. The fourth-order valence-electron chi connectivity index (χ4n) is 2.83. The Morgan fingerprint density at radius 3 is 2.45 bits per heavy atom. The number of benzene rings is 2. The maximum Gasteiger partial charge on any atom is 0.361 e. The number of anilines is 2. The highest BCUT2D eigenvalue weighted by molar-refractivity contribution is 6.30. The first-order valence-electron chi connectivity index (χ1n) is 9.38. The largest absolute Gasteiger partial charge is 0.488 e. The minimum absolute atomic E-state index is 0.00405. The molecule has 3 aromatic rings. The number of rotatable bonds is 6. The zero-order chi connectivity index (χ0) is 22.7. The Morgan fingerprint density at radius 1 is 1.19 bits per heavy atom. The fourth-order valence-corrected chi connectivity index (χ4v) is 2.96. The van der Waals surface area contributed by atoms with Gasteiger partial charge in [0, 0.05) is 23.7 Å². The molecule has 0 bridgehead atoms. The van der Waals surface area contributed by atoms with Crippen molar-refractivity contribution >= 4 is 29.1 Å². The Kier molecular flexibility index (Phi) is 6.55. The van der Waals surface area contributed by atoms with Gasteiger partial charge in [-0.15, -0.1) is 0 Å². The van der Waals surface area contributed by atoms with Crippen LogP contribution >= 0.6 is 11.6 Å². The van der Waals surface area contributed by atoms with Gasteiger partial charge in [-0.2, -0.15) is 9.55 Å². The van der Waals surface area contributed by atoms with Crippen LogP contribution in [0.25, 0.3) is 0 Å². The lowest BCUT2D eigenvalue weighted by molar-refractivity contribution is 0.0923. The molecule has 0 fully saturated rings. The van der Waals surface area contributed by atoms with Gasteiger partial charge in [0.1, 0.15) is 0 Å². The van der Waals surface area contributed by atoms with Crippen LogP contribution < -0.4 is 21.4 Å². The van der Waals surface area contributed by atoms with E-state index in [9.17, 15) is 18.8 Å². The van der Waals surface area contributed by atoms with Crippen molar-refractivity contribution < 1.29 is 13.9 Å². The van der Waals surface area contributed by atoms with E-state index in [1.807, 2.05) is 0 Å². The molecule has 0 amide bonds. The molecule has 0 aliphatic rings. The van der Waals surface area contributed by atoms with E-state index in [0.717, 1.165) is 17.6 Å². The maximum atomic E-state index is 14.3. The molecule has 0 saturated heterocycles. The van der Waals surface area contributed by atoms with E-state index >= 15 is 0 Å². The van der Waals surface area contributed by atoms with E-state index in [2.05, 4.69) is 10.3 Å². The Balaban J connectivity index is 2.05. The highest BCUT2D eigenvalue weighted by Crippen LogP contribution is 2.24. The van der Waals surface area contributed by atoms with E-state index in [0.29, 0.717) is 15.2 Å². The molecular formula is C21H20ClFN4O4. The molecule has 0 spiro atoms. The summed E-state index contributed by atoms with van der Waals surface area (Å²) >= 11 is 5.90. The number of nitrogens with zero attached hydrogens (tertiary/aromatic N) is 3. The van der Waals surface area contributed by atoms with E-state index in [1.165, 1.54) is 12.1 Å². The monoisotopic (exact) mass is 446 g/mol. The number of nitrogens with one attached hydrogen (secondary N) is 1. The van der Waals surface area contributed by atoms with Crippen LogP contribution in [0.15, 0.2) is 52.1 Å². The number of aromatic nitrogens is 3. The van der Waals surface area contributed by atoms with Crippen LogP contribution in [-0.2, 0) is 6.54 Å². The molecule has 0 aliphatic carbocycles. The highest BCUT2D eigenvalue weighted by atomic mass is 35.5. The molecule has 0 unspecified atom stereocenters. The molecule has 8 nitrogen and oxygen atoms in total. The predicted octanol–water partition coefficient (Wildman–Crippen LogP) is 3.44. The van der Waals surface area contributed by atoms with Gasteiger partial charge >= 0.3 is 11.4 Å². The first-order chi connectivity index (χ1) is 14.7. The van der Waals surface area contributed by atoms with Crippen molar-refractivity contribution in [2.24, 2.45) is 0 Å². The third-order valence-corrected chi connectivity index (χ3v) is 4.44. The lowest BCUT2D eigenvalue weighted by Crippen LogP contribution is -2.45. The normalized spacial score (nSPS) is 10.9. The summed E-state index contributed by atoms with van der Waals surface area (Å²) in [4.78, 5) is 40.7. The molecule has 3 rings (SSSR count). The SMILES string of the molecule is CC(=O)n1c(=O)nc(Nc2ccc(OC(C)C)c(F)c2)n(Cc2ccc(Cl)cc2)c1=O. The van der Waals surface area contributed by atoms with Gasteiger partial charge in [0.05, 0.1) is 12.6 Å². The maximum absolute atomic E-state index is 14.3. The number of ether oxygens (including phenoxy) is 1. The quantitative estimate of drug-likeness (QED) is 0.623. The predicted molar refractivity (Wildman–Crippen MR) is 115 cm³/mol. The van der Waals surface area contributed by atoms with Crippen LogP contribution in [0.5, 0.6) is 5.75 Å². The standard InChI is InChI=1S/C21H20ClFN4O4/c1-12(2)31-18-9-8-16(10-17(18)23)24-19-25-20(29)27(13(3)28)21(30)26(19)11-14-4-6-15(22)7-5-14/h4-10,12H,11H2,1-3H3,(H,24,25,29). The smallest absolute Gasteiger partial charge is 0.361 e. The number of hydrogen-bond donors (Lipinski definition) is 1. The summed E-state index contributed by atoms with van der Waals surface area (Å²) in [5.41, 5.74) is -0.986. The van der Waals surface area contributed by atoms with Crippen LogP contribution in [0.4, 0.5) is 16.0 Å². The van der Waals surface area contributed by atoms with Gasteiger partial charge in [-0.1, -0.05) is 23.7 Å². The molecular weight excluding hydrogens is 427 g/mol. The molecule has 162 valence electrons. The van der Waals surface area contributed by atoms with Gasteiger partial charge < -0.3 is 10.1 Å². The summed E-state index contributed by atoms with van der Waals surface area (Å²) < 4.78 is 21.3. The van der Waals surface area contributed by atoms with E-state index in [1.54, 1.807) is 38.1 Å². The van der Waals surface area contributed by atoms with Crippen LogP contribution in [0.3, 0.4) is 0 Å². The zero-order valence-corrected chi connectivity index (χ0v) is 17.8. The number of carbonyl (C=O) groups is 1. The van der Waals surface area contributed by atoms with Crippen molar-refractivity contribution in [3.63, 3.8) is 0 Å². The minimum atomic E-state index is -1.03. The van der Waals surface area contributed by atoms with Gasteiger partial charge in [-0.3, -0.25) is 9.36 Å². The number of carbonyl (C=O) groups excluding carboxylic acids is 1. The molecule has 1 N–H and O–H groups in total. The number of halogens is 2. The Hall–Kier alpha value is -3.46. The van der Waals surface area contributed by atoms with Gasteiger partial charge in [-0.05, 0) is 43.7 Å². The van der Waals surface area contributed by atoms with Crippen LogP contribution in [-0.4, -0.2) is 26.1 Å². The summed E-state index contributed by atoms with van der Waals surface area (Å²) in [6.07, 6.45) is -0.210. The first kappa shape index (κ1) is 22.2. The third kappa shape index (κ3) is 5.18. The molecule has 0 saturated carbocycles. The topological polar surface area (TPSA) is 95.2 Å². The molecule has 0 atom stereocenters. The van der Waals surface area contributed by atoms with E-state index in [-0.39, 0.29) is 30.0 Å². The second kappa shape index (κ2) is 9.13. The zero-order valence-electron chi connectivity index (χ0n) is 17.1. The average Bonchev–Trinajstić information content (AvgIpc) is 2.68. The molecule has 31 heavy (non-hydrogen) atoms. The minimum Gasteiger partial charge on any atom is -0.488 e. The molecule has 1 heterocycles. The Morgan fingerprint density at radius 2 is 1.87 bits per heavy atom. The molecule has 0 radical (unpaired) electrons. The third-order valence-electron chi connectivity index (χ3n) is 4.19.